The molecule has 2 aromatic rings. The van der Waals surface area contributed by atoms with E-state index in [2.05, 4.69) is 4.98 Å². The van der Waals surface area contributed by atoms with Gasteiger partial charge >= 0.3 is 104 Å². The fourth-order valence-electron chi connectivity index (χ4n) is 1.35. The van der Waals surface area contributed by atoms with Crippen LogP contribution in [-0.4, -0.2) is 31.8 Å². The molecule has 1 aromatic heterocycles. The van der Waals surface area contributed by atoms with E-state index in [0.29, 0.717) is 4.48 Å². The van der Waals surface area contributed by atoms with Gasteiger partial charge in [-0.2, -0.15) is 0 Å². The van der Waals surface area contributed by atoms with Gasteiger partial charge in [0.05, 0.1) is 0 Å². The molecule has 0 aliphatic heterocycles. The van der Waals surface area contributed by atoms with Crippen molar-refractivity contribution in [2.75, 3.05) is 0 Å². The number of aromatic carboxylic acids is 1. The number of benzene rings is 1. The van der Waals surface area contributed by atoms with Crippen LogP contribution in [0.5, 0.6) is 0 Å². The second-order valence-electron chi connectivity index (χ2n) is 3.34. The Balaban J connectivity index is 2.30. The summed E-state index contributed by atoms with van der Waals surface area (Å²) in [6.07, 6.45) is 1.58. The molecule has 0 aliphatic rings. The summed E-state index contributed by atoms with van der Waals surface area (Å²) < 4.78 is 14.3. The number of pyridine rings is 1. The number of rotatable bonds is 3. The van der Waals surface area contributed by atoms with Crippen molar-refractivity contribution in [2.24, 2.45) is 0 Å². The number of halogens is 1. The second-order valence-corrected chi connectivity index (χ2v) is 6.07. The summed E-state index contributed by atoms with van der Waals surface area (Å²) in [6.45, 7) is 0. The molecule has 0 radical (unpaired) electrons. The molecule has 1 atom stereocenters. The molecule has 0 spiro atoms. The van der Waals surface area contributed by atoms with Crippen LogP contribution in [0.15, 0.2) is 42.6 Å². The van der Waals surface area contributed by atoms with E-state index in [1.54, 1.807) is 24.4 Å². The fourth-order valence-corrected chi connectivity index (χ4v) is 3.59. The summed E-state index contributed by atoms with van der Waals surface area (Å²) in [6, 6.07) is 9.25. The van der Waals surface area contributed by atoms with E-state index in [1.807, 2.05) is 0 Å². The topological polar surface area (TPSA) is 50.2 Å². The van der Waals surface area contributed by atoms with Crippen LogP contribution >= 0.6 is 0 Å². The normalized spacial score (nSPS) is 10.9. The molecule has 5 heteroatoms. The van der Waals surface area contributed by atoms with E-state index in [1.165, 1.54) is 18.2 Å². The quantitative estimate of drug-likeness (QED) is 0.829. The third-order valence-electron chi connectivity index (χ3n) is 2.15. The van der Waals surface area contributed by atoms with E-state index >= 15 is 0 Å². The zero-order valence-corrected chi connectivity index (χ0v) is 10.8. The minimum absolute atomic E-state index is 0.233. The van der Waals surface area contributed by atoms with Gasteiger partial charge in [-0.05, 0) is 0 Å². The number of carbonyl (C=O) groups is 1. The molecule has 2 rings (SSSR count). The molecule has 1 N–H and O–H groups in total. The summed E-state index contributed by atoms with van der Waals surface area (Å²) in [7, 11) is 0. The van der Waals surface area contributed by atoms with E-state index in [0.717, 1.165) is 4.35 Å². The zero-order chi connectivity index (χ0) is 12.3. The van der Waals surface area contributed by atoms with Crippen LogP contribution in [0.25, 0.3) is 0 Å². The third-order valence-corrected chi connectivity index (χ3v) is 4.78. The molecule has 3 nitrogen and oxygen atoms in total. The Morgan fingerprint density at radius 3 is 2.59 bits per heavy atom. The van der Waals surface area contributed by atoms with Crippen molar-refractivity contribution in [1.29, 1.82) is 0 Å². The van der Waals surface area contributed by atoms with Crippen molar-refractivity contribution in [3.8, 4) is 0 Å². The number of aromatic nitrogens is 1. The van der Waals surface area contributed by atoms with Crippen LogP contribution in [0.1, 0.15) is 10.4 Å². The van der Waals surface area contributed by atoms with Gasteiger partial charge in [-0.1, -0.05) is 0 Å². The Hall–Kier alpha value is -1.67. The maximum absolute atomic E-state index is 12.7. The van der Waals surface area contributed by atoms with E-state index < -0.39 is 21.7 Å². The molecule has 1 aromatic carbocycles. The van der Waals surface area contributed by atoms with E-state index in [-0.39, 0.29) is 11.4 Å². The number of nitrogens with zero attached hydrogens (tertiary/aromatic N) is 1. The molecule has 0 bridgehead atoms. The first-order chi connectivity index (χ1) is 8.16. The number of hydrogen-bond acceptors (Lipinski definition) is 2. The summed E-state index contributed by atoms with van der Waals surface area (Å²) >= 11 is -0.845. The van der Waals surface area contributed by atoms with Gasteiger partial charge in [0, 0.05) is 0 Å². The number of carboxylic acid groups (broad SMARTS) is 1. The van der Waals surface area contributed by atoms with Crippen LogP contribution in [0.3, 0.4) is 0 Å². The maximum atomic E-state index is 12.7. The van der Waals surface area contributed by atoms with E-state index in [4.69, 9.17) is 5.11 Å². The molecule has 17 heavy (non-hydrogen) atoms. The molecule has 1 unspecified atom stereocenters. The first-order valence-electron chi connectivity index (χ1n) is 4.88. The Morgan fingerprint density at radius 2 is 1.94 bits per heavy atom. The monoisotopic (exact) mass is 293 g/mol. The first-order valence-corrected chi connectivity index (χ1v) is 6.97. The van der Waals surface area contributed by atoms with Gasteiger partial charge in [-0.15, -0.1) is 0 Å². The summed E-state index contributed by atoms with van der Waals surface area (Å²) in [4.78, 5) is 15.1. The number of hydrogen-bond donors (Lipinski definition) is 1. The molecule has 0 saturated carbocycles. The summed E-state index contributed by atoms with van der Waals surface area (Å²) in [5, 5.41) is 9.01. The Morgan fingerprint density at radius 1 is 1.24 bits per heavy atom. The van der Waals surface area contributed by atoms with Gasteiger partial charge in [0.25, 0.3) is 0 Å². The molecule has 0 saturated heterocycles. The van der Waals surface area contributed by atoms with Crippen LogP contribution in [0.2, 0.25) is 0 Å². The molecule has 0 amide bonds. The Kier molecular flexibility index (Phi) is 3.54. The van der Waals surface area contributed by atoms with Gasteiger partial charge in [0.2, 0.25) is 0 Å². The third kappa shape index (κ3) is 2.92. The predicted molar refractivity (Wildman–Crippen MR) is 64.0 cm³/mol. The van der Waals surface area contributed by atoms with Crippen LogP contribution in [-0.2, 0) is 0 Å². The van der Waals surface area contributed by atoms with Gasteiger partial charge < -0.3 is 0 Å². The average molecular weight is 293 g/mol. The zero-order valence-electron chi connectivity index (χ0n) is 8.72. The van der Waals surface area contributed by atoms with Crippen LogP contribution in [0, 0.1) is 5.82 Å². The van der Waals surface area contributed by atoms with Gasteiger partial charge in [-0.25, -0.2) is 0 Å². The average Bonchev–Trinajstić information content (AvgIpc) is 2.32. The second kappa shape index (κ2) is 5.11. The summed E-state index contributed by atoms with van der Waals surface area (Å²) in [5.41, 5.74) is 0.233. The van der Waals surface area contributed by atoms with Crippen molar-refractivity contribution < 1.29 is 14.3 Å². The fraction of sp³-hybridized carbons (Fsp3) is 0. The molecule has 1 heterocycles. The minimum atomic E-state index is -0.973. The van der Waals surface area contributed by atoms with Crippen LogP contribution in [0.4, 0.5) is 4.39 Å². The van der Waals surface area contributed by atoms with Crippen molar-refractivity contribution in [3.63, 3.8) is 0 Å². The van der Waals surface area contributed by atoms with Crippen molar-refractivity contribution in [1.82, 2.24) is 4.98 Å². The van der Waals surface area contributed by atoms with Gasteiger partial charge in [0.15, 0.2) is 0 Å². The molecular formula is C12H9AsFNO2. The van der Waals surface area contributed by atoms with Gasteiger partial charge in [0.1, 0.15) is 0 Å². The predicted octanol–water partition coefficient (Wildman–Crippen LogP) is 0.306. The van der Waals surface area contributed by atoms with Crippen molar-refractivity contribution in [2.45, 2.75) is 0 Å². The molecule has 0 aliphatic carbocycles. The summed E-state index contributed by atoms with van der Waals surface area (Å²) in [5.74, 6) is -1.27. The van der Waals surface area contributed by atoms with Crippen LogP contribution < -0.4 is 8.83 Å². The first kappa shape index (κ1) is 11.8. The van der Waals surface area contributed by atoms with Gasteiger partial charge in [-0.3, -0.25) is 0 Å². The Labute approximate surface area is 104 Å². The molecule has 86 valence electrons. The molecule has 0 fully saturated rings. The van der Waals surface area contributed by atoms with Crippen molar-refractivity contribution in [3.05, 3.63) is 54.0 Å². The standard InChI is InChI=1S/C12H9AsFNO2/c14-9-5-3-8(4-6-9)13-11-10(12(16)17)2-1-7-15-11/h1-7,13H,(H,16,17). The number of carboxylic acids is 1. The van der Waals surface area contributed by atoms with E-state index in [9.17, 15) is 9.18 Å². The Bertz CT molecular complexity index is 542. The SMILES string of the molecule is O=C(O)c1cccnc1[AsH]c1ccc(F)cc1. The van der Waals surface area contributed by atoms with Crippen molar-refractivity contribution >= 4 is 30.6 Å². The molecular weight excluding hydrogens is 284 g/mol.